The van der Waals surface area contributed by atoms with E-state index in [0.29, 0.717) is 25.3 Å². The van der Waals surface area contributed by atoms with Gasteiger partial charge in [0.1, 0.15) is 4.90 Å². The van der Waals surface area contributed by atoms with E-state index in [1.54, 1.807) is 0 Å². The van der Waals surface area contributed by atoms with Gasteiger partial charge < -0.3 is 5.32 Å². The van der Waals surface area contributed by atoms with Gasteiger partial charge in [-0.25, -0.2) is 8.42 Å². The Hall–Kier alpha value is -1.67. The molecule has 1 fully saturated rings. The Morgan fingerprint density at radius 3 is 2.54 bits per heavy atom. The molecular formula is C16H25N3O4S. The number of nitrogens with one attached hydrogen (secondary N) is 1. The number of unbranched alkanes of at least 4 members (excludes halogenated alkanes) is 3. The lowest BCUT2D eigenvalue weighted by atomic mass is 10.2. The Labute approximate surface area is 143 Å². The molecule has 0 aliphatic carbocycles. The van der Waals surface area contributed by atoms with Crippen molar-refractivity contribution in [2.24, 2.45) is 0 Å². The van der Waals surface area contributed by atoms with Crippen LogP contribution in [0.4, 0.5) is 11.4 Å². The summed E-state index contributed by atoms with van der Waals surface area (Å²) >= 11 is 0. The van der Waals surface area contributed by atoms with E-state index in [2.05, 4.69) is 12.2 Å². The molecule has 0 atom stereocenters. The Balaban J connectivity index is 2.24. The number of benzene rings is 1. The molecule has 1 saturated heterocycles. The zero-order valence-electron chi connectivity index (χ0n) is 14.0. The predicted molar refractivity (Wildman–Crippen MR) is 93.7 cm³/mol. The summed E-state index contributed by atoms with van der Waals surface area (Å²) in [6.45, 7) is 3.73. The van der Waals surface area contributed by atoms with Crippen molar-refractivity contribution < 1.29 is 13.3 Å². The van der Waals surface area contributed by atoms with Crippen LogP contribution < -0.4 is 5.32 Å². The number of rotatable bonds is 9. The molecule has 1 aliphatic heterocycles. The number of nitro groups is 1. The third kappa shape index (κ3) is 4.45. The molecule has 0 radical (unpaired) electrons. The van der Waals surface area contributed by atoms with Gasteiger partial charge >= 0.3 is 0 Å². The maximum absolute atomic E-state index is 12.8. The minimum absolute atomic E-state index is 0.00842. The maximum atomic E-state index is 12.8. The van der Waals surface area contributed by atoms with Crippen molar-refractivity contribution in [1.82, 2.24) is 4.31 Å². The Bertz CT molecular complexity index is 670. The second-order valence-electron chi connectivity index (χ2n) is 6.04. The minimum atomic E-state index is -3.71. The molecule has 1 N–H and O–H groups in total. The van der Waals surface area contributed by atoms with Gasteiger partial charge in [0, 0.05) is 31.8 Å². The molecule has 0 spiro atoms. The summed E-state index contributed by atoms with van der Waals surface area (Å²) in [7, 11) is -3.71. The van der Waals surface area contributed by atoms with E-state index in [4.69, 9.17) is 0 Å². The zero-order chi connectivity index (χ0) is 17.6. The average Bonchev–Trinajstić information content (AvgIpc) is 3.10. The molecule has 2 rings (SSSR count). The highest BCUT2D eigenvalue weighted by molar-refractivity contribution is 7.89. The topological polar surface area (TPSA) is 92.5 Å². The summed E-state index contributed by atoms with van der Waals surface area (Å²) < 4.78 is 27.1. The van der Waals surface area contributed by atoms with E-state index >= 15 is 0 Å². The molecule has 24 heavy (non-hydrogen) atoms. The highest BCUT2D eigenvalue weighted by Gasteiger charge is 2.30. The van der Waals surface area contributed by atoms with Gasteiger partial charge in [-0.1, -0.05) is 26.2 Å². The fourth-order valence-corrected chi connectivity index (χ4v) is 4.53. The Morgan fingerprint density at radius 1 is 1.21 bits per heavy atom. The van der Waals surface area contributed by atoms with Crippen LogP contribution in [0.3, 0.4) is 0 Å². The van der Waals surface area contributed by atoms with Gasteiger partial charge in [-0.05, 0) is 25.3 Å². The lowest BCUT2D eigenvalue weighted by molar-refractivity contribution is -0.385. The lowest BCUT2D eigenvalue weighted by Crippen LogP contribution is -2.28. The van der Waals surface area contributed by atoms with E-state index in [-0.39, 0.29) is 10.6 Å². The maximum Gasteiger partial charge on any atom is 0.270 e. The van der Waals surface area contributed by atoms with Gasteiger partial charge in [0.25, 0.3) is 5.69 Å². The van der Waals surface area contributed by atoms with Gasteiger partial charge in [0.2, 0.25) is 10.0 Å². The van der Waals surface area contributed by atoms with Crippen molar-refractivity contribution >= 4 is 21.4 Å². The summed E-state index contributed by atoms with van der Waals surface area (Å²) in [5, 5.41) is 14.2. The average molecular weight is 355 g/mol. The molecule has 0 amide bonds. The van der Waals surface area contributed by atoms with Crippen LogP contribution >= 0.6 is 0 Å². The number of anilines is 1. The van der Waals surface area contributed by atoms with Crippen molar-refractivity contribution in [3.63, 3.8) is 0 Å². The number of nitrogens with zero attached hydrogens (tertiary/aromatic N) is 2. The number of hydrogen-bond donors (Lipinski definition) is 1. The standard InChI is InChI=1S/C16H25N3O4S/c1-2-3-4-5-10-17-15-9-8-14(19(20)21)13-16(15)24(22,23)18-11-6-7-12-18/h8-9,13,17H,2-7,10-12H2,1H3. The van der Waals surface area contributed by atoms with Crippen LogP contribution in [0.5, 0.6) is 0 Å². The first-order valence-electron chi connectivity index (χ1n) is 8.49. The third-order valence-electron chi connectivity index (χ3n) is 4.20. The van der Waals surface area contributed by atoms with Gasteiger partial charge in [-0.15, -0.1) is 0 Å². The predicted octanol–water partition coefficient (Wildman–Crippen LogP) is 3.37. The zero-order valence-corrected chi connectivity index (χ0v) is 14.8. The van der Waals surface area contributed by atoms with Crippen molar-refractivity contribution in [2.75, 3.05) is 25.0 Å². The number of hydrogen-bond acceptors (Lipinski definition) is 5. The molecular weight excluding hydrogens is 330 g/mol. The smallest absolute Gasteiger partial charge is 0.270 e. The molecule has 0 saturated carbocycles. The largest absolute Gasteiger partial charge is 0.384 e. The van der Waals surface area contributed by atoms with E-state index < -0.39 is 14.9 Å². The van der Waals surface area contributed by atoms with E-state index in [9.17, 15) is 18.5 Å². The van der Waals surface area contributed by atoms with E-state index in [0.717, 1.165) is 38.5 Å². The van der Waals surface area contributed by atoms with Gasteiger partial charge in [-0.2, -0.15) is 4.31 Å². The quantitative estimate of drug-likeness (QED) is 0.416. The molecule has 0 bridgehead atoms. The second kappa shape index (κ2) is 8.43. The molecule has 1 heterocycles. The van der Waals surface area contributed by atoms with E-state index in [1.807, 2.05) is 0 Å². The van der Waals surface area contributed by atoms with Crippen LogP contribution in [0.15, 0.2) is 23.1 Å². The van der Waals surface area contributed by atoms with Crippen molar-refractivity contribution in [1.29, 1.82) is 0 Å². The highest BCUT2D eigenvalue weighted by Crippen LogP contribution is 2.30. The molecule has 7 nitrogen and oxygen atoms in total. The number of sulfonamides is 1. The SMILES string of the molecule is CCCCCCNc1ccc([N+](=O)[O-])cc1S(=O)(=O)N1CCCC1. The van der Waals surface area contributed by atoms with Crippen LogP contribution in [0.1, 0.15) is 45.4 Å². The van der Waals surface area contributed by atoms with Gasteiger partial charge in [0.05, 0.1) is 10.6 Å². The molecule has 134 valence electrons. The summed E-state index contributed by atoms with van der Waals surface area (Å²) in [6.07, 6.45) is 5.94. The molecule has 1 aromatic rings. The first-order valence-corrected chi connectivity index (χ1v) is 9.93. The second-order valence-corrected chi connectivity index (χ2v) is 7.94. The number of non-ortho nitro benzene ring substituents is 1. The monoisotopic (exact) mass is 355 g/mol. The Kier molecular flexibility index (Phi) is 6.56. The van der Waals surface area contributed by atoms with Crippen LogP contribution in [-0.2, 0) is 10.0 Å². The molecule has 0 aromatic heterocycles. The van der Waals surface area contributed by atoms with Crippen LogP contribution in [0, 0.1) is 10.1 Å². The lowest BCUT2D eigenvalue weighted by Gasteiger charge is -2.18. The van der Waals surface area contributed by atoms with Gasteiger partial charge in [-0.3, -0.25) is 10.1 Å². The van der Waals surface area contributed by atoms with Gasteiger partial charge in [0.15, 0.2) is 0 Å². The third-order valence-corrected chi connectivity index (χ3v) is 6.14. The fourth-order valence-electron chi connectivity index (χ4n) is 2.83. The van der Waals surface area contributed by atoms with E-state index in [1.165, 1.54) is 22.5 Å². The summed E-state index contributed by atoms with van der Waals surface area (Å²) in [5.74, 6) is 0. The first-order chi connectivity index (χ1) is 11.5. The van der Waals surface area contributed by atoms with Crippen molar-refractivity contribution in [2.45, 2.75) is 50.3 Å². The van der Waals surface area contributed by atoms with Crippen molar-refractivity contribution in [3.8, 4) is 0 Å². The minimum Gasteiger partial charge on any atom is -0.384 e. The molecule has 1 aliphatic rings. The normalized spacial score (nSPS) is 15.5. The molecule has 0 unspecified atom stereocenters. The Morgan fingerprint density at radius 2 is 1.92 bits per heavy atom. The molecule has 1 aromatic carbocycles. The van der Waals surface area contributed by atoms with Crippen LogP contribution in [0.2, 0.25) is 0 Å². The summed E-state index contributed by atoms with van der Waals surface area (Å²) in [5.41, 5.74) is 0.244. The first kappa shape index (κ1) is 18.7. The summed E-state index contributed by atoms with van der Waals surface area (Å²) in [6, 6.07) is 4.01. The van der Waals surface area contributed by atoms with Crippen LogP contribution in [0.25, 0.3) is 0 Å². The highest BCUT2D eigenvalue weighted by atomic mass is 32.2. The fraction of sp³-hybridized carbons (Fsp3) is 0.625. The van der Waals surface area contributed by atoms with Crippen LogP contribution in [-0.4, -0.2) is 37.3 Å². The molecule has 8 heteroatoms. The summed E-state index contributed by atoms with van der Waals surface area (Å²) in [4.78, 5) is 10.5. The number of nitro benzene ring substituents is 1. The van der Waals surface area contributed by atoms with Crippen molar-refractivity contribution in [3.05, 3.63) is 28.3 Å².